The standard InChI is InChI=1S/C12H16BrNO3/c1-14(7-12(16)17-2)11(8-15)9-4-3-5-10(13)6-9/h3-6,11,15H,7-8H2,1-2H3. The minimum atomic E-state index is -0.319. The lowest BCUT2D eigenvalue weighted by molar-refractivity contribution is -0.142. The number of methoxy groups -OCH3 is 1. The van der Waals surface area contributed by atoms with Crippen LogP contribution in [0.4, 0.5) is 0 Å². The summed E-state index contributed by atoms with van der Waals surface area (Å²) in [5, 5.41) is 9.42. The highest BCUT2D eigenvalue weighted by molar-refractivity contribution is 9.10. The Morgan fingerprint density at radius 1 is 1.59 bits per heavy atom. The van der Waals surface area contributed by atoms with Crippen LogP contribution in [0.1, 0.15) is 11.6 Å². The van der Waals surface area contributed by atoms with Crippen molar-refractivity contribution in [2.24, 2.45) is 0 Å². The number of ether oxygens (including phenoxy) is 1. The van der Waals surface area contributed by atoms with Crippen LogP contribution < -0.4 is 0 Å². The fourth-order valence-corrected chi connectivity index (χ4v) is 2.01. The van der Waals surface area contributed by atoms with Crippen LogP contribution in [-0.4, -0.2) is 43.3 Å². The molecule has 0 aromatic heterocycles. The number of hydrogen-bond acceptors (Lipinski definition) is 4. The van der Waals surface area contributed by atoms with E-state index >= 15 is 0 Å². The second-order valence-corrected chi connectivity index (χ2v) is 4.66. The van der Waals surface area contributed by atoms with E-state index in [2.05, 4.69) is 20.7 Å². The molecule has 0 bridgehead atoms. The summed E-state index contributed by atoms with van der Waals surface area (Å²) >= 11 is 3.38. The molecule has 1 atom stereocenters. The molecule has 0 fully saturated rings. The number of likely N-dealkylation sites (N-methyl/N-ethyl adjacent to an activating group) is 1. The third-order valence-corrected chi connectivity index (χ3v) is 3.04. The fraction of sp³-hybridized carbons (Fsp3) is 0.417. The van der Waals surface area contributed by atoms with Gasteiger partial charge in [-0.05, 0) is 24.7 Å². The summed E-state index contributed by atoms with van der Waals surface area (Å²) in [6.45, 7) is 0.0954. The highest BCUT2D eigenvalue weighted by atomic mass is 79.9. The molecule has 0 radical (unpaired) electrons. The highest BCUT2D eigenvalue weighted by Gasteiger charge is 2.18. The van der Waals surface area contributed by atoms with Gasteiger partial charge >= 0.3 is 5.97 Å². The number of esters is 1. The van der Waals surface area contributed by atoms with Crippen LogP contribution in [0.3, 0.4) is 0 Å². The van der Waals surface area contributed by atoms with Gasteiger partial charge in [-0.3, -0.25) is 9.69 Å². The van der Waals surface area contributed by atoms with Crippen molar-refractivity contribution in [3.05, 3.63) is 34.3 Å². The van der Waals surface area contributed by atoms with Crippen molar-refractivity contribution < 1.29 is 14.6 Å². The zero-order valence-electron chi connectivity index (χ0n) is 9.89. The molecule has 0 aliphatic rings. The van der Waals surface area contributed by atoms with E-state index < -0.39 is 0 Å². The molecule has 0 saturated carbocycles. The Kier molecular flexibility index (Phi) is 5.61. The van der Waals surface area contributed by atoms with Crippen LogP contribution in [-0.2, 0) is 9.53 Å². The summed E-state index contributed by atoms with van der Waals surface area (Å²) in [5.74, 6) is -0.319. The molecule has 0 aliphatic heterocycles. The third-order valence-electron chi connectivity index (χ3n) is 2.54. The first-order valence-electron chi connectivity index (χ1n) is 5.22. The van der Waals surface area contributed by atoms with Crippen molar-refractivity contribution in [3.63, 3.8) is 0 Å². The lowest BCUT2D eigenvalue weighted by Crippen LogP contribution is -2.32. The fourth-order valence-electron chi connectivity index (χ4n) is 1.59. The second kappa shape index (κ2) is 6.74. The molecule has 1 aromatic rings. The van der Waals surface area contributed by atoms with Crippen molar-refractivity contribution in [3.8, 4) is 0 Å². The molecule has 0 heterocycles. The number of aliphatic hydroxyl groups excluding tert-OH is 1. The van der Waals surface area contributed by atoms with E-state index in [0.29, 0.717) is 0 Å². The molecule has 1 aromatic carbocycles. The molecule has 4 nitrogen and oxygen atoms in total. The first-order valence-corrected chi connectivity index (χ1v) is 6.01. The quantitative estimate of drug-likeness (QED) is 0.839. The van der Waals surface area contributed by atoms with Crippen LogP contribution >= 0.6 is 15.9 Å². The van der Waals surface area contributed by atoms with Crippen molar-refractivity contribution >= 4 is 21.9 Å². The number of halogens is 1. The first-order chi connectivity index (χ1) is 8.08. The largest absolute Gasteiger partial charge is 0.468 e. The summed E-state index contributed by atoms with van der Waals surface area (Å²) in [6, 6.07) is 7.44. The van der Waals surface area contributed by atoms with Crippen LogP contribution in [0.15, 0.2) is 28.7 Å². The zero-order chi connectivity index (χ0) is 12.8. The number of rotatable bonds is 5. The van der Waals surface area contributed by atoms with E-state index in [0.717, 1.165) is 10.0 Å². The third kappa shape index (κ3) is 4.11. The highest BCUT2D eigenvalue weighted by Crippen LogP contribution is 2.22. The average molecular weight is 302 g/mol. The van der Waals surface area contributed by atoms with Crippen molar-refractivity contribution in [1.29, 1.82) is 0 Å². The van der Waals surface area contributed by atoms with Gasteiger partial charge < -0.3 is 9.84 Å². The summed E-state index contributed by atoms with van der Waals surface area (Å²) in [6.07, 6.45) is 0. The number of benzene rings is 1. The van der Waals surface area contributed by atoms with E-state index in [4.69, 9.17) is 0 Å². The molecule has 1 N–H and O–H groups in total. The Bertz CT molecular complexity index is 384. The summed E-state index contributed by atoms with van der Waals surface area (Å²) in [5.41, 5.74) is 0.952. The molecule has 0 saturated heterocycles. The lowest BCUT2D eigenvalue weighted by Gasteiger charge is -2.25. The number of carbonyl (C=O) groups excluding carboxylic acids is 1. The van der Waals surface area contributed by atoms with Gasteiger partial charge in [-0.1, -0.05) is 28.1 Å². The number of carbonyl (C=O) groups is 1. The minimum Gasteiger partial charge on any atom is -0.468 e. The van der Waals surface area contributed by atoms with E-state index in [1.165, 1.54) is 7.11 Å². The molecule has 0 aliphatic carbocycles. The maximum atomic E-state index is 11.2. The number of nitrogens with zero attached hydrogens (tertiary/aromatic N) is 1. The summed E-state index contributed by atoms with van der Waals surface area (Å²) in [7, 11) is 3.13. The van der Waals surface area contributed by atoms with Crippen LogP contribution in [0.25, 0.3) is 0 Å². The number of aliphatic hydroxyl groups is 1. The van der Waals surface area contributed by atoms with Crippen LogP contribution in [0, 0.1) is 0 Å². The van der Waals surface area contributed by atoms with E-state index in [1.807, 2.05) is 24.3 Å². The van der Waals surface area contributed by atoms with Gasteiger partial charge in [-0.15, -0.1) is 0 Å². The molecule has 5 heteroatoms. The Morgan fingerprint density at radius 2 is 2.29 bits per heavy atom. The molecule has 1 unspecified atom stereocenters. The summed E-state index contributed by atoms with van der Waals surface area (Å²) in [4.78, 5) is 12.9. The first kappa shape index (κ1) is 14.2. The molecular weight excluding hydrogens is 286 g/mol. The van der Waals surface area contributed by atoms with E-state index in [-0.39, 0.29) is 25.2 Å². The summed E-state index contributed by atoms with van der Waals surface area (Å²) < 4.78 is 5.55. The van der Waals surface area contributed by atoms with Crippen LogP contribution in [0.2, 0.25) is 0 Å². The van der Waals surface area contributed by atoms with Crippen LogP contribution in [0.5, 0.6) is 0 Å². The van der Waals surface area contributed by atoms with Gasteiger partial charge in [0, 0.05) is 4.47 Å². The average Bonchev–Trinajstić information content (AvgIpc) is 2.30. The van der Waals surface area contributed by atoms with E-state index in [9.17, 15) is 9.90 Å². The van der Waals surface area contributed by atoms with Gasteiger partial charge in [-0.25, -0.2) is 0 Å². The Hall–Kier alpha value is -0.910. The zero-order valence-corrected chi connectivity index (χ0v) is 11.5. The maximum Gasteiger partial charge on any atom is 0.319 e. The molecule has 94 valence electrons. The smallest absolute Gasteiger partial charge is 0.319 e. The van der Waals surface area contributed by atoms with Gasteiger partial charge in [0.25, 0.3) is 0 Å². The van der Waals surface area contributed by atoms with Gasteiger partial charge in [0.15, 0.2) is 0 Å². The predicted octanol–water partition coefficient (Wildman–Crippen LogP) is 1.59. The van der Waals surface area contributed by atoms with Gasteiger partial charge in [0.1, 0.15) is 0 Å². The van der Waals surface area contributed by atoms with Gasteiger partial charge in [-0.2, -0.15) is 0 Å². The Morgan fingerprint density at radius 3 is 2.82 bits per heavy atom. The topological polar surface area (TPSA) is 49.8 Å². The van der Waals surface area contributed by atoms with Crippen molar-refractivity contribution in [2.45, 2.75) is 6.04 Å². The van der Waals surface area contributed by atoms with Gasteiger partial charge in [0.2, 0.25) is 0 Å². The number of hydrogen-bond donors (Lipinski definition) is 1. The predicted molar refractivity (Wildman–Crippen MR) is 68.6 cm³/mol. The van der Waals surface area contributed by atoms with Crippen molar-refractivity contribution in [1.82, 2.24) is 4.90 Å². The second-order valence-electron chi connectivity index (χ2n) is 3.74. The molecule has 0 amide bonds. The molecule has 17 heavy (non-hydrogen) atoms. The Balaban J connectivity index is 2.80. The lowest BCUT2D eigenvalue weighted by atomic mass is 10.1. The van der Waals surface area contributed by atoms with Crippen molar-refractivity contribution in [2.75, 3.05) is 27.3 Å². The minimum absolute atomic E-state index is 0.0516. The molecule has 0 spiro atoms. The monoisotopic (exact) mass is 301 g/mol. The van der Waals surface area contributed by atoms with E-state index in [1.54, 1.807) is 11.9 Å². The molecule has 1 rings (SSSR count). The SMILES string of the molecule is COC(=O)CN(C)C(CO)c1cccc(Br)c1. The normalized spacial score (nSPS) is 12.5. The van der Waals surface area contributed by atoms with Gasteiger partial charge in [0.05, 0.1) is 26.3 Å². The Labute approximate surface area is 109 Å². The molecular formula is C12H16BrNO3. The maximum absolute atomic E-state index is 11.2.